The van der Waals surface area contributed by atoms with Crippen molar-refractivity contribution in [1.29, 1.82) is 0 Å². The van der Waals surface area contributed by atoms with Crippen LogP contribution in [0.4, 0.5) is 11.9 Å². The highest BCUT2D eigenvalue weighted by Gasteiger charge is 2.17. The van der Waals surface area contributed by atoms with Crippen molar-refractivity contribution in [2.75, 3.05) is 36.9 Å². The topological polar surface area (TPSA) is 77.2 Å². The van der Waals surface area contributed by atoms with Gasteiger partial charge >= 0.3 is 0 Å². The van der Waals surface area contributed by atoms with Gasteiger partial charge in [0.25, 0.3) is 0 Å². The number of benzene rings is 1. The summed E-state index contributed by atoms with van der Waals surface area (Å²) in [5.74, 6) is 1.51. The molecule has 0 spiro atoms. The lowest BCUT2D eigenvalue weighted by Gasteiger charge is -2.26. The Morgan fingerprint density at radius 3 is 2.62 bits per heavy atom. The van der Waals surface area contributed by atoms with Crippen LogP contribution >= 0.6 is 0 Å². The Labute approximate surface area is 124 Å². The summed E-state index contributed by atoms with van der Waals surface area (Å²) in [4.78, 5) is 15.2. The van der Waals surface area contributed by atoms with Gasteiger partial charge in [-0.3, -0.25) is 0 Å². The van der Waals surface area contributed by atoms with E-state index >= 15 is 0 Å². The smallest absolute Gasteiger partial charge is 0.230 e. The number of rotatable bonds is 2. The molecule has 6 nitrogen and oxygen atoms in total. The molecule has 3 rings (SSSR count). The Morgan fingerprint density at radius 1 is 1.10 bits per heavy atom. The molecular weight excluding hydrogens is 266 g/mol. The van der Waals surface area contributed by atoms with E-state index in [1.165, 1.54) is 5.56 Å². The van der Waals surface area contributed by atoms with Crippen LogP contribution in [-0.4, -0.2) is 41.3 Å². The number of nitrogens with two attached hydrogens (primary N) is 1. The summed E-state index contributed by atoms with van der Waals surface area (Å²) < 4.78 is 5.36. The SMILES string of the molecule is Cc1ccc(C)c(-c2nc(N)nc(N3CCOCC3)n2)c1. The van der Waals surface area contributed by atoms with Gasteiger partial charge in [0, 0.05) is 18.7 Å². The van der Waals surface area contributed by atoms with Crippen molar-refractivity contribution in [3.8, 4) is 11.4 Å². The normalized spacial score (nSPS) is 15.2. The maximum absolute atomic E-state index is 5.87. The second-order valence-corrected chi connectivity index (χ2v) is 5.24. The van der Waals surface area contributed by atoms with E-state index in [9.17, 15) is 0 Å². The summed E-state index contributed by atoms with van der Waals surface area (Å²) in [5.41, 5.74) is 9.16. The van der Waals surface area contributed by atoms with Crippen molar-refractivity contribution in [3.05, 3.63) is 29.3 Å². The van der Waals surface area contributed by atoms with E-state index in [-0.39, 0.29) is 5.95 Å². The van der Waals surface area contributed by atoms with Gasteiger partial charge in [-0.25, -0.2) is 0 Å². The van der Waals surface area contributed by atoms with E-state index in [2.05, 4.69) is 45.0 Å². The third-order valence-electron chi connectivity index (χ3n) is 3.57. The second-order valence-electron chi connectivity index (χ2n) is 5.24. The number of nitrogen functional groups attached to an aromatic ring is 1. The van der Waals surface area contributed by atoms with E-state index in [0.717, 1.165) is 24.2 Å². The summed E-state index contributed by atoms with van der Waals surface area (Å²) in [7, 11) is 0. The molecule has 2 heterocycles. The molecule has 0 saturated carbocycles. The average Bonchev–Trinajstić information content (AvgIpc) is 2.50. The van der Waals surface area contributed by atoms with E-state index in [1.807, 2.05) is 6.92 Å². The van der Waals surface area contributed by atoms with E-state index in [0.29, 0.717) is 25.0 Å². The number of ether oxygens (including phenoxy) is 1. The first-order chi connectivity index (χ1) is 10.1. The van der Waals surface area contributed by atoms with Gasteiger partial charge in [-0.2, -0.15) is 15.0 Å². The number of hydrogen-bond donors (Lipinski definition) is 1. The molecule has 1 aromatic heterocycles. The Balaban J connectivity index is 2.02. The van der Waals surface area contributed by atoms with Gasteiger partial charge in [0.15, 0.2) is 5.82 Å². The monoisotopic (exact) mass is 285 g/mol. The molecule has 0 atom stereocenters. The number of aryl methyl sites for hydroxylation is 2. The van der Waals surface area contributed by atoms with Gasteiger partial charge in [0.2, 0.25) is 11.9 Å². The average molecular weight is 285 g/mol. The molecule has 2 N–H and O–H groups in total. The highest BCUT2D eigenvalue weighted by atomic mass is 16.5. The van der Waals surface area contributed by atoms with Crippen LogP contribution in [0.25, 0.3) is 11.4 Å². The summed E-state index contributed by atoms with van der Waals surface area (Å²) in [6.07, 6.45) is 0. The molecule has 1 saturated heterocycles. The summed E-state index contributed by atoms with van der Waals surface area (Å²) in [6.45, 7) is 7.01. The van der Waals surface area contributed by atoms with Crippen molar-refractivity contribution in [2.24, 2.45) is 0 Å². The van der Waals surface area contributed by atoms with Crippen LogP contribution in [0.15, 0.2) is 18.2 Å². The molecule has 0 bridgehead atoms. The molecule has 0 amide bonds. The molecule has 1 aliphatic heterocycles. The largest absolute Gasteiger partial charge is 0.378 e. The van der Waals surface area contributed by atoms with E-state index < -0.39 is 0 Å². The Morgan fingerprint density at radius 2 is 1.86 bits per heavy atom. The summed E-state index contributed by atoms with van der Waals surface area (Å²) in [5, 5.41) is 0. The first-order valence-corrected chi connectivity index (χ1v) is 7.05. The van der Waals surface area contributed by atoms with Gasteiger partial charge in [0.1, 0.15) is 0 Å². The highest BCUT2D eigenvalue weighted by molar-refractivity contribution is 5.63. The molecule has 6 heteroatoms. The molecule has 0 unspecified atom stereocenters. The standard InChI is InChI=1S/C15H19N5O/c1-10-3-4-11(2)12(9-10)13-17-14(16)19-15(18-13)20-5-7-21-8-6-20/h3-4,9H,5-8H2,1-2H3,(H2,16,17,18,19). The first kappa shape index (κ1) is 13.8. The number of hydrogen-bond acceptors (Lipinski definition) is 6. The molecule has 110 valence electrons. The molecule has 0 aliphatic carbocycles. The van der Waals surface area contributed by atoms with Crippen molar-refractivity contribution in [1.82, 2.24) is 15.0 Å². The minimum absolute atomic E-state index is 0.252. The number of morpholine rings is 1. The van der Waals surface area contributed by atoms with E-state index in [1.54, 1.807) is 0 Å². The fraction of sp³-hybridized carbons (Fsp3) is 0.400. The zero-order chi connectivity index (χ0) is 14.8. The third kappa shape index (κ3) is 2.95. The lowest BCUT2D eigenvalue weighted by Crippen LogP contribution is -2.37. The van der Waals surface area contributed by atoms with Gasteiger partial charge in [-0.05, 0) is 25.5 Å². The van der Waals surface area contributed by atoms with Crippen molar-refractivity contribution in [2.45, 2.75) is 13.8 Å². The molecule has 0 radical (unpaired) electrons. The van der Waals surface area contributed by atoms with Crippen molar-refractivity contribution < 1.29 is 4.74 Å². The van der Waals surface area contributed by atoms with Crippen molar-refractivity contribution in [3.63, 3.8) is 0 Å². The lowest BCUT2D eigenvalue weighted by atomic mass is 10.1. The number of nitrogens with zero attached hydrogens (tertiary/aromatic N) is 4. The van der Waals surface area contributed by atoms with Crippen LogP contribution in [0.5, 0.6) is 0 Å². The van der Waals surface area contributed by atoms with Crippen LogP contribution in [0.1, 0.15) is 11.1 Å². The molecule has 2 aromatic rings. The fourth-order valence-electron chi connectivity index (χ4n) is 2.38. The summed E-state index contributed by atoms with van der Waals surface area (Å²) >= 11 is 0. The minimum Gasteiger partial charge on any atom is -0.378 e. The van der Waals surface area contributed by atoms with Crippen molar-refractivity contribution >= 4 is 11.9 Å². The van der Waals surface area contributed by atoms with E-state index in [4.69, 9.17) is 10.5 Å². The first-order valence-electron chi connectivity index (χ1n) is 7.05. The molecule has 1 fully saturated rings. The number of aromatic nitrogens is 3. The molecular formula is C15H19N5O. The minimum atomic E-state index is 0.252. The number of anilines is 2. The quantitative estimate of drug-likeness (QED) is 0.902. The Bertz CT molecular complexity index is 653. The maximum Gasteiger partial charge on any atom is 0.230 e. The molecule has 1 aromatic carbocycles. The lowest BCUT2D eigenvalue weighted by molar-refractivity contribution is 0.122. The molecule has 21 heavy (non-hydrogen) atoms. The zero-order valence-electron chi connectivity index (χ0n) is 12.3. The van der Waals surface area contributed by atoms with Gasteiger partial charge in [-0.15, -0.1) is 0 Å². The Hall–Kier alpha value is -2.21. The maximum atomic E-state index is 5.87. The van der Waals surface area contributed by atoms with Gasteiger partial charge in [-0.1, -0.05) is 17.7 Å². The Kier molecular flexibility index (Phi) is 3.70. The summed E-state index contributed by atoms with van der Waals surface area (Å²) in [6, 6.07) is 6.22. The predicted octanol–water partition coefficient (Wildman–Crippen LogP) is 1.57. The highest BCUT2D eigenvalue weighted by Crippen LogP contribution is 2.23. The predicted molar refractivity (Wildman–Crippen MR) is 82.2 cm³/mol. The van der Waals surface area contributed by atoms with Crippen LogP contribution in [0.3, 0.4) is 0 Å². The van der Waals surface area contributed by atoms with Gasteiger partial charge in [0.05, 0.1) is 13.2 Å². The second kappa shape index (κ2) is 5.65. The fourth-order valence-corrected chi connectivity index (χ4v) is 2.38. The van der Waals surface area contributed by atoms with Crippen LogP contribution in [0, 0.1) is 13.8 Å². The van der Waals surface area contributed by atoms with Gasteiger partial charge < -0.3 is 15.4 Å². The van der Waals surface area contributed by atoms with Crippen LogP contribution in [0.2, 0.25) is 0 Å². The zero-order valence-corrected chi connectivity index (χ0v) is 12.3. The third-order valence-corrected chi connectivity index (χ3v) is 3.57. The van der Waals surface area contributed by atoms with Crippen LogP contribution < -0.4 is 10.6 Å². The molecule has 1 aliphatic rings. The van der Waals surface area contributed by atoms with Crippen LogP contribution in [-0.2, 0) is 4.74 Å².